The SMILES string of the molecule is c1cc2c([nH]1)OCCO2. The van der Waals surface area contributed by atoms with Gasteiger partial charge >= 0.3 is 0 Å². The first-order valence-corrected chi connectivity index (χ1v) is 2.90. The van der Waals surface area contributed by atoms with E-state index in [0.717, 1.165) is 11.6 Å². The number of fused-ring (bicyclic) bond motifs is 1. The quantitative estimate of drug-likeness (QED) is 0.556. The standard InChI is InChI=1S/C6H7NO2/c1-2-7-6-5(1)8-3-4-9-6/h1-2,7H,3-4H2. The fraction of sp³-hybridized carbons (Fsp3) is 0.333. The molecule has 0 unspecified atom stereocenters. The average Bonchev–Trinajstić information content (AvgIpc) is 2.33. The van der Waals surface area contributed by atoms with E-state index in [1.54, 1.807) is 6.20 Å². The largest absolute Gasteiger partial charge is 0.484 e. The number of hydrogen-bond acceptors (Lipinski definition) is 2. The van der Waals surface area contributed by atoms with E-state index in [9.17, 15) is 0 Å². The van der Waals surface area contributed by atoms with Crippen molar-refractivity contribution in [1.29, 1.82) is 0 Å². The molecule has 1 aliphatic rings. The van der Waals surface area contributed by atoms with Crippen LogP contribution in [0.1, 0.15) is 0 Å². The normalized spacial score (nSPS) is 15.6. The molecule has 0 aromatic carbocycles. The number of aromatic nitrogens is 1. The molecule has 0 fully saturated rings. The van der Waals surface area contributed by atoms with Crippen LogP contribution in [0.25, 0.3) is 0 Å². The zero-order valence-electron chi connectivity index (χ0n) is 4.89. The minimum atomic E-state index is 0.646. The van der Waals surface area contributed by atoms with Gasteiger partial charge in [0.1, 0.15) is 13.2 Å². The van der Waals surface area contributed by atoms with Crippen LogP contribution in [0.4, 0.5) is 0 Å². The van der Waals surface area contributed by atoms with Gasteiger partial charge in [-0.25, -0.2) is 0 Å². The number of aromatic amines is 1. The molecule has 0 spiro atoms. The van der Waals surface area contributed by atoms with Gasteiger partial charge in [0.25, 0.3) is 0 Å². The van der Waals surface area contributed by atoms with Gasteiger partial charge in [0.2, 0.25) is 5.88 Å². The highest BCUT2D eigenvalue weighted by atomic mass is 16.6. The molecule has 1 N–H and O–H groups in total. The van der Waals surface area contributed by atoms with Gasteiger partial charge in [0.05, 0.1) is 0 Å². The summed E-state index contributed by atoms with van der Waals surface area (Å²) in [6.07, 6.45) is 1.80. The molecule has 0 saturated carbocycles. The first-order valence-electron chi connectivity index (χ1n) is 2.90. The molecule has 3 nitrogen and oxygen atoms in total. The molecule has 2 rings (SSSR count). The summed E-state index contributed by atoms with van der Waals surface area (Å²) in [4.78, 5) is 2.91. The monoisotopic (exact) mass is 125 g/mol. The Bertz CT molecular complexity index is 186. The van der Waals surface area contributed by atoms with Gasteiger partial charge in [-0.1, -0.05) is 0 Å². The van der Waals surface area contributed by atoms with Crippen LogP contribution in [0.15, 0.2) is 12.3 Å². The summed E-state index contributed by atoms with van der Waals surface area (Å²) in [5, 5.41) is 0. The van der Waals surface area contributed by atoms with Crippen molar-refractivity contribution in [2.45, 2.75) is 0 Å². The van der Waals surface area contributed by atoms with Crippen molar-refractivity contribution in [1.82, 2.24) is 4.98 Å². The highest BCUT2D eigenvalue weighted by molar-refractivity contribution is 5.34. The maximum absolute atomic E-state index is 5.21. The number of hydrogen-bond donors (Lipinski definition) is 1. The molecule has 9 heavy (non-hydrogen) atoms. The van der Waals surface area contributed by atoms with Crippen molar-refractivity contribution in [2.75, 3.05) is 13.2 Å². The Hall–Kier alpha value is -1.12. The summed E-state index contributed by atoms with van der Waals surface area (Å²) in [6, 6.07) is 1.86. The Morgan fingerprint density at radius 3 is 3.11 bits per heavy atom. The molecule has 48 valence electrons. The van der Waals surface area contributed by atoms with E-state index in [1.165, 1.54) is 0 Å². The second-order valence-corrected chi connectivity index (χ2v) is 1.87. The third-order valence-electron chi connectivity index (χ3n) is 1.26. The predicted molar refractivity (Wildman–Crippen MR) is 31.8 cm³/mol. The van der Waals surface area contributed by atoms with Gasteiger partial charge in [-0.15, -0.1) is 0 Å². The smallest absolute Gasteiger partial charge is 0.234 e. The second kappa shape index (κ2) is 1.69. The van der Waals surface area contributed by atoms with Crippen LogP contribution in [-0.2, 0) is 0 Å². The Morgan fingerprint density at radius 1 is 1.33 bits per heavy atom. The fourth-order valence-corrected chi connectivity index (χ4v) is 0.862. The van der Waals surface area contributed by atoms with E-state index < -0.39 is 0 Å². The number of nitrogens with one attached hydrogen (secondary N) is 1. The minimum absolute atomic E-state index is 0.646. The van der Waals surface area contributed by atoms with Crippen LogP contribution in [0.2, 0.25) is 0 Å². The highest BCUT2D eigenvalue weighted by Gasteiger charge is 2.10. The molecule has 0 amide bonds. The maximum Gasteiger partial charge on any atom is 0.234 e. The van der Waals surface area contributed by atoms with Crippen LogP contribution in [-0.4, -0.2) is 18.2 Å². The average molecular weight is 125 g/mol. The second-order valence-electron chi connectivity index (χ2n) is 1.87. The first-order chi connectivity index (χ1) is 4.47. The molecular formula is C6H7NO2. The van der Waals surface area contributed by atoms with Gasteiger partial charge in [-0.3, -0.25) is 0 Å². The molecule has 0 atom stereocenters. The van der Waals surface area contributed by atoms with Crippen LogP contribution < -0.4 is 9.47 Å². The molecule has 1 aromatic rings. The molecule has 1 aromatic heterocycles. The topological polar surface area (TPSA) is 34.2 Å². The maximum atomic E-state index is 5.21. The Morgan fingerprint density at radius 2 is 2.22 bits per heavy atom. The van der Waals surface area contributed by atoms with Crippen molar-refractivity contribution in [2.24, 2.45) is 0 Å². The summed E-state index contributed by atoms with van der Waals surface area (Å²) in [7, 11) is 0. The van der Waals surface area contributed by atoms with Crippen molar-refractivity contribution < 1.29 is 9.47 Å². The van der Waals surface area contributed by atoms with Gasteiger partial charge in [0, 0.05) is 12.3 Å². The molecule has 0 radical (unpaired) electrons. The Labute approximate surface area is 52.6 Å². The van der Waals surface area contributed by atoms with E-state index in [2.05, 4.69) is 4.98 Å². The van der Waals surface area contributed by atoms with Crippen molar-refractivity contribution in [3.63, 3.8) is 0 Å². The lowest BCUT2D eigenvalue weighted by Gasteiger charge is -2.13. The summed E-state index contributed by atoms with van der Waals surface area (Å²) < 4.78 is 10.4. The van der Waals surface area contributed by atoms with Crippen molar-refractivity contribution in [3.05, 3.63) is 12.3 Å². The number of ether oxygens (including phenoxy) is 2. The molecular weight excluding hydrogens is 118 g/mol. The minimum Gasteiger partial charge on any atom is -0.484 e. The first kappa shape index (κ1) is 4.73. The number of rotatable bonds is 0. The lowest BCUT2D eigenvalue weighted by molar-refractivity contribution is 0.167. The van der Waals surface area contributed by atoms with Crippen molar-refractivity contribution in [3.8, 4) is 11.6 Å². The number of H-pyrrole nitrogens is 1. The Balaban J connectivity index is 2.39. The van der Waals surface area contributed by atoms with E-state index in [-0.39, 0.29) is 0 Å². The zero-order chi connectivity index (χ0) is 6.10. The van der Waals surface area contributed by atoms with Gasteiger partial charge in [0.15, 0.2) is 5.75 Å². The molecule has 3 heteroatoms. The van der Waals surface area contributed by atoms with Crippen LogP contribution in [0.3, 0.4) is 0 Å². The van der Waals surface area contributed by atoms with Gasteiger partial charge < -0.3 is 14.5 Å². The summed E-state index contributed by atoms with van der Waals surface area (Å²) in [5.74, 6) is 1.57. The third kappa shape index (κ3) is 0.650. The van der Waals surface area contributed by atoms with Crippen molar-refractivity contribution >= 4 is 0 Å². The molecule has 1 aliphatic heterocycles. The lowest BCUT2D eigenvalue weighted by atomic mass is 10.5. The van der Waals surface area contributed by atoms with Crippen LogP contribution >= 0.6 is 0 Å². The summed E-state index contributed by atoms with van der Waals surface area (Å²) >= 11 is 0. The summed E-state index contributed by atoms with van der Waals surface area (Å²) in [6.45, 7) is 1.30. The van der Waals surface area contributed by atoms with E-state index in [1.807, 2.05) is 6.07 Å². The van der Waals surface area contributed by atoms with E-state index in [0.29, 0.717) is 13.2 Å². The summed E-state index contributed by atoms with van der Waals surface area (Å²) in [5.41, 5.74) is 0. The third-order valence-corrected chi connectivity index (χ3v) is 1.26. The van der Waals surface area contributed by atoms with E-state index in [4.69, 9.17) is 9.47 Å². The fourth-order valence-electron chi connectivity index (χ4n) is 0.862. The molecule has 2 heterocycles. The Kier molecular flexibility index (Phi) is 0.886. The predicted octanol–water partition coefficient (Wildman–Crippen LogP) is 0.786. The van der Waals surface area contributed by atoms with E-state index >= 15 is 0 Å². The molecule has 0 saturated heterocycles. The highest BCUT2D eigenvalue weighted by Crippen LogP contribution is 2.26. The molecule has 0 aliphatic carbocycles. The van der Waals surface area contributed by atoms with Crippen LogP contribution in [0, 0.1) is 0 Å². The lowest BCUT2D eigenvalue weighted by Crippen LogP contribution is -2.14. The van der Waals surface area contributed by atoms with Crippen LogP contribution in [0.5, 0.6) is 11.6 Å². The van der Waals surface area contributed by atoms with Gasteiger partial charge in [-0.2, -0.15) is 0 Å². The zero-order valence-corrected chi connectivity index (χ0v) is 4.89. The molecule has 0 bridgehead atoms. The van der Waals surface area contributed by atoms with Gasteiger partial charge in [-0.05, 0) is 0 Å².